The summed E-state index contributed by atoms with van der Waals surface area (Å²) in [6.07, 6.45) is 1.11. The number of nitrogen functional groups attached to an aromatic ring is 1. The van der Waals surface area contributed by atoms with Gasteiger partial charge in [-0.3, -0.25) is 0 Å². The molecule has 0 aliphatic carbocycles. The van der Waals surface area contributed by atoms with Gasteiger partial charge in [-0.2, -0.15) is 0 Å². The van der Waals surface area contributed by atoms with E-state index in [0.29, 0.717) is 16.1 Å². The van der Waals surface area contributed by atoms with Crippen LogP contribution < -0.4 is 11.1 Å². The first kappa shape index (κ1) is 15.3. The summed E-state index contributed by atoms with van der Waals surface area (Å²) in [5.74, 6) is 0. The van der Waals surface area contributed by atoms with Crippen LogP contribution in [-0.2, 0) is 6.54 Å². The minimum Gasteiger partial charge on any atom is -0.398 e. The smallest absolute Gasteiger partial charge is 0.0638 e. The third-order valence-corrected chi connectivity index (χ3v) is 3.14. The van der Waals surface area contributed by atoms with Gasteiger partial charge in [-0.05, 0) is 43.4 Å². The zero-order chi connectivity index (χ0) is 14.0. The van der Waals surface area contributed by atoms with Crippen LogP contribution in [-0.4, -0.2) is 5.54 Å². The quantitative estimate of drug-likeness (QED) is 0.802. The molecule has 0 unspecified atom stereocenters. The molecule has 3 N–H and O–H groups in total. The Morgan fingerprint density at radius 1 is 1.17 bits per heavy atom. The van der Waals surface area contributed by atoms with Gasteiger partial charge in [0, 0.05) is 12.1 Å². The lowest BCUT2D eigenvalue weighted by Gasteiger charge is -2.33. The van der Waals surface area contributed by atoms with E-state index in [-0.39, 0.29) is 5.54 Å². The van der Waals surface area contributed by atoms with E-state index in [9.17, 15) is 0 Å². The Labute approximate surface area is 116 Å². The molecule has 0 bridgehead atoms. The van der Waals surface area contributed by atoms with Gasteiger partial charge in [-0.1, -0.05) is 38.4 Å². The number of benzene rings is 1. The molecular formula is C15H25ClN2. The molecule has 0 amide bonds. The van der Waals surface area contributed by atoms with E-state index in [1.54, 1.807) is 0 Å². The normalized spacial score (nSPS) is 12.8. The maximum absolute atomic E-state index is 6.02. The molecule has 0 aromatic heterocycles. The first-order chi connectivity index (χ1) is 8.09. The van der Waals surface area contributed by atoms with Crippen molar-refractivity contribution in [3.05, 3.63) is 28.8 Å². The fourth-order valence-corrected chi connectivity index (χ4v) is 2.61. The maximum atomic E-state index is 6.02. The van der Waals surface area contributed by atoms with Gasteiger partial charge in [0.2, 0.25) is 0 Å². The summed E-state index contributed by atoms with van der Waals surface area (Å²) in [6.45, 7) is 12.1. The molecule has 0 radical (unpaired) electrons. The SMILES string of the molecule is CC(C)(C)CC(C)(C)NCc1ccc(N)c(Cl)c1. The maximum Gasteiger partial charge on any atom is 0.0638 e. The highest BCUT2D eigenvalue weighted by molar-refractivity contribution is 6.33. The molecule has 1 aromatic rings. The van der Waals surface area contributed by atoms with E-state index in [1.165, 1.54) is 0 Å². The predicted octanol–water partition coefficient (Wildman–Crippen LogP) is 4.23. The molecule has 0 fully saturated rings. The lowest BCUT2D eigenvalue weighted by atomic mass is 9.82. The van der Waals surface area contributed by atoms with Crippen molar-refractivity contribution >= 4 is 17.3 Å². The molecule has 0 aliphatic rings. The number of rotatable bonds is 4. The third-order valence-electron chi connectivity index (χ3n) is 2.81. The van der Waals surface area contributed by atoms with Gasteiger partial charge in [0.25, 0.3) is 0 Å². The van der Waals surface area contributed by atoms with Crippen molar-refractivity contribution < 1.29 is 0 Å². The topological polar surface area (TPSA) is 38.0 Å². The Kier molecular flexibility index (Phi) is 4.68. The molecule has 0 atom stereocenters. The molecule has 1 aromatic carbocycles. The summed E-state index contributed by atoms with van der Waals surface area (Å²) in [5, 5.41) is 4.21. The van der Waals surface area contributed by atoms with Gasteiger partial charge in [-0.15, -0.1) is 0 Å². The lowest BCUT2D eigenvalue weighted by molar-refractivity contribution is 0.241. The van der Waals surface area contributed by atoms with Crippen LogP contribution in [0.15, 0.2) is 18.2 Å². The van der Waals surface area contributed by atoms with Gasteiger partial charge >= 0.3 is 0 Å². The van der Waals surface area contributed by atoms with E-state index < -0.39 is 0 Å². The van der Waals surface area contributed by atoms with Crippen molar-refractivity contribution in [3.8, 4) is 0 Å². The molecule has 0 saturated heterocycles. The Hall–Kier alpha value is -0.730. The van der Waals surface area contributed by atoms with E-state index in [4.69, 9.17) is 17.3 Å². The molecule has 0 aliphatic heterocycles. The Morgan fingerprint density at radius 3 is 2.28 bits per heavy atom. The lowest BCUT2D eigenvalue weighted by Crippen LogP contribution is -2.41. The number of hydrogen-bond acceptors (Lipinski definition) is 2. The number of anilines is 1. The monoisotopic (exact) mass is 268 g/mol. The second kappa shape index (κ2) is 5.50. The standard InChI is InChI=1S/C15H25ClN2/c1-14(2,3)10-15(4,5)18-9-11-6-7-13(17)12(16)8-11/h6-8,18H,9-10,17H2,1-5H3. The number of hydrogen-bond donors (Lipinski definition) is 2. The summed E-state index contributed by atoms with van der Waals surface area (Å²) in [5.41, 5.74) is 7.92. The van der Waals surface area contributed by atoms with Crippen molar-refractivity contribution in [3.63, 3.8) is 0 Å². The van der Waals surface area contributed by atoms with Crippen molar-refractivity contribution in [2.45, 2.75) is 53.1 Å². The highest BCUT2D eigenvalue weighted by Crippen LogP contribution is 2.27. The predicted molar refractivity (Wildman–Crippen MR) is 80.9 cm³/mol. The minimum atomic E-state index is 0.103. The molecule has 18 heavy (non-hydrogen) atoms. The second-order valence-corrected chi connectivity index (χ2v) is 7.24. The fourth-order valence-electron chi connectivity index (χ4n) is 2.41. The molecule has 0 spiro atoms. The number of halogens is 1. The van der Waals surface area contributed by atoms with Gasteiger partial charge in [0.05, 0.1) is 10.7 Å². The highest BCUT2D eigenvalue weighted by Gasteiger charge is 2.24. The summed E-state index contributed by atoms with van der Waals surface area (Å²) in [7, 11) is 0. The van der Waals surface area contributed by atoms with Gasteiger partial charge in [-0.25, -0.2) is 0 Å². The molecular weight excluding hydrogens is 244 g/mol. The second-order valence-electron chi connectivity index (χ2n) is 6.83. The Morgan fingerprint density at radius 2 is 1.78 bits per heavy atom. The minimum absolute atomic E-state index is 0.103. The first-order valence-corrected chi connectivity index (χ1v) is 6.76. The van der Waals surface area contributed by atoms with Crippen LogP contribution in [0.25, 0.3) is 0 Å². The molecule has 102 valence electrons. The average molecular weight is 269 g/mol. The summed E-state index contributed by atoms with van der Waals surface area (Å²) < 4.78 is 0. The van der Waals surface area contributed by atoms with Crippen LogP contribution in [0.1, 0.15) is 46.6 Å². The van der Waals surface area contributed by atoms with Crippen LogP contribution in [0, 0.1) is 5.41 Å². The van der Waals surface area contributed by atoms with E-state index in [1.807, 2.05) is 18.2 Å². The zero-order valence-corrected chi connectivity index (χ0v) is 12.9. The van der Waals surface area contributed by atoms with Crippen molar-refractivity contribution in [1.82, 2.24) is 5.32 Å². The first-order valence-electron chi connectivity index (χ1n) is 6.38. The van der Waals surface area contributed by atoms with E-state index >= 15 is 0 Å². The molecule has 0 heterocycles. The van der Waals surface area contributed by atoms with Crippen molar-refractivity contribution in [2.24, 2.45) is 5.41 Å². The van der Waals surface area contributed by atoms with Crippen molar-refractivity contribution in [1.29, 1.82) is 0 Å². The molecule has 2 nitrogen and oxygen atoms in total. The van der Waals surface area contributed by atoms with Crippen LogP contribution >= 0.6 is 11.6 Å². The average Bonchev–Trinajstić information content (AvgIpc) is 2.16. The summed E-state index contributed by atoms with van der Waals surface area (Å²) >= 11 is 6.02. The van der Waals surface area contributed by atoms with Crippen LogP contribution in [0.2, 0.25) is 5.02 Å². The molecule has 1 rings (SSSR count). The zero-order valence-electron chi connectivity index (χ0n) is 12.1. The van der Waals surface area contributed by atoms with Gasteiger partial charge in [0.15, 0.2) is 0 Å². The van der Waals surface area contributed by atoms with Crippen LogP contribution in [0.3, 0.4) is 0 Å². The Bertz CT molecular complexity index is 405. The number of nitrogens with one attached hydrogen (secondary N) is 1. The van der Waals surface area contributed by atoms with E-state index in [0.717, 1.165) is 18.5 Å². The van der Waals surface area contributed by atoms with Crippen LogP contribution in [0.5, 0.6) is 0 Å². The number of nitrogens with two attached hydrogens (primary N) is 1. The third kappa shape index (κ3) is 5.28. The fraction of sp³-hybridized carbons (Fsp3) is 0.600. The molecule has 0 saturated carbocycles. The van der Waals surface area contributed by atoms with E-state index in [2.05, 4.69) is 39.9 Å². The summed E-state index contributed by atoms with van der Waals surface area (Å²) in [6, 6.07) is 5.80. The van der Waals surface area contributed by atoms with Crippen LogP contribution in [0.4, 0.5) is 5.69 Å². The summed E-state index contributed by atoms with van der Waals surface area (Å²) in [4.78, 5) is 0. The highest BCUT2D eigenvalue weighted by atomic mass is 35.5. The Balaban J connectivity index is 2.61. The largest absolute Gasteiger partial charge is 0.398 e. The van der Waals surface area contributed by atoms with Gasteiger partial charge < -0.3 is 11.1 Å². The van der Waals surface area contributed by atoms with Crippen molar-refractivity contribution in [2.75, 3.05) is 5.73 Å². The molecule has 3 heteroatoms. The van der Waals surface area contributed by atoms with Gasteiger partial charge in [0.1, 0.15) is 0 Å².